The fraction of sp³-hybridized carbons (Fsp3) is 0.364. The molecule has 0 amide bonds. The van der Waals surface area contributed by atoms with Crippen LogP contribution in [-0.2, 0) is 19.7 Å². The van der Waals surface area contributed by atoms with Gasteiger partial charge < -0.3 is 13.3 Å². The third-order valence-corrected chi connectivity index (χ3v) is 5.18. The summed E-state index contributed by atoms with van der Waals surface area (Å²) in [5.41, 5.74) is 0.891. The Bertz CT molecular complexity index is 377. The van der Waals surface area contributed by atoms with E-state index in [4.69, 9.17) is 18.5 Å². The van der Waals surface area contributed by atoms with Crippen molar-refractivity contribution in [2.75, 3.05) is 21.3 Å². The minimum atomic E-state index is -2.83. The maximum Gasteiger partial charge on any atom is 0.536 e. The van der Waals surface area contributed by atoms with Crippen LogP contribution in [0.1, 0.15) is 5.56 Å². The lowest BCUT2D eigenvalue weighted by Crippen LogP contribution is -2.55. The minimum absolute atomic E-state index is 0.320. The van der Waals surface area contributed by atoms with Crippen LogP contribution in [0.3, 0.4) is 0 Å². The van der Waals surface area contributed by atoms with Gasteiger partial charge in [-0.1, -0.05) is 24.3 Å². The second kappa shape index (κ2) is 5.77. The Hall–Kier alpha value is -1.19. The summed E-state index contributed by atoms with van der Waals surface area (Å²) in [6, 6.07) is 9.66. The van der Waals surface area contributed by atoms with Crippen LogP contribution in [0.15, 0.2) is 24.3 Å². The first-order chi connectivity index (χ1) is 7.74. The second-order valence-electron chi connectivity index (χ2n) is 3.16. The molecule has 0 N–H and O–H groups in total. The van der Waals surface area contributed by atoms with E-state index < -0.39 is 8.80 Å². The molecule has 0 fully saturated rings. The highest BCUT2D eigenvalue weighted by molar-refractivity contribution is 6.75. The van der Waals surface area contributed by atoms with E-state index >= 15 is 0 Å². The third-order valence-electron chi connectivity index (χ3n) is 2.42. The molecule has 0 aliphatic heterocycles. The van der Waals surface area contributed by atoms with Gasteiger partial charge in [0.05, 0.1) is 12.5 Å². The Morgan fingerprint density at radius 1 is 1.12 bits per heavy atom. The van der Waals surface area contributed by atoms with Crippen LogP contribution in [0.2, 0.25) is 0 Å². The molecule has 0 aliphatic carbocycles. The standard InChI is InChI=1S/C11H15NO3Si/c1-13-16(14-2,15-3)11-7-5-4-6-10(11)8-9-12/h4-7H,8H2,1-3H3. The monoisotopic (exact) mass is 237 g/mol. The zero-order chi connectivity index (χ0) is 12.0. The molecule has 0 aromatic heterocycles. The number of benzene rings is 1. The molecule has 1 aromatic rings. The van der Waals surface area contributed by atoms with Crippen LogP contribution in [-0.4, -0.2) is 30.1 Å². The molecule has 16 heavy (non-hydrogen) atoms. The van der Waals surface area contributed by atoms with Crippen molar-refractivity contribution in [3.63, 3.8) is 0 Å². The lowest BCUT2D eigenvalue weighted by Gasteiger charge is -2.26. The molecular formula is C11H15NO3Si. The van der Waals surface area contributed by atoms with E-state index in [2.05, 4.69) is 6.07 Å². The summed E-state index contributed by atoms with van der Waals surface area (Å²) < 4.78 is 16.2. The molecule has 0 radical (unpaired) electrons. The molecule has 86 valence electrons. The van der Waals surface area contributed by atoms with Crippen molar-refractivity contribution in [2.45, 2.75) is 6.42 Å². The summed E-state index contributed by atoms with van der Waals surface area (Å²) in [7, 11) is 1.85. The number of nitriles is 1. The SMILES string of the molecule is CO[Si](OC)(OC)c1ccccc1CC#N. The molecule has 0 atom stereocenters. The predicted octanol–water partition coefficient (Wildman–Crippen LogP) is 0.838. The van der Waals surface area contributed by atoms with Crippen LogP contribution in [0.4, 0.5) is 0 Å². The van der Waals surface area contributed by atoms with Crippen molar-refractivity contribution in [1.29, 1.82) is 5.26 Å². The molecule has 0 bridgehead atoms. The van der Waals surface area contributed by atoms with Gasteiger partial charge in [-0.25, -0.2) is 0 Å². The Balaban J connectivity index is 3.24. The third kappa shape index (κ3) is 2.31. The molecule has 0 aliphatic rings. The summed E-state index contributed by atoms with van der Waals surface area (Å²) in [6.45, 7) is 0. The molecule has 0 saturated carbocycles. The molecule has 0 heterocycles. The smallest absolute Gasteiger partial charge is 0.373 e. The lowest BCUT2D eigenvalue weighted by atomic mass is 10.2. The lowest BCUT2D eigenvalue weighted by molar-refractivity contribution is 0.140. The van der Waals surface area contributed by atoms with Gasteiger partial charge in [0.2, 0.25) is 0 Å². The first-order valence-corrected chi connectivity index (χ1v) is 6.57. The molecule has 1 rings (SSSR count). The first-order valence-electron chi connectivity index (χ1n) is 4.85. The van der Waals surface area contributed by atoms with Crippen LogP contribution < -0.4 is 5.19 Å². The van der Waals surface area contributed by atoms with Crippen LogP contribution in [0, 0.1) is 11.3 Å². The van der Waals surface area contributed by atoms with Crippen LogP contribution in [0.25, 0.3) is 0 Å². The van der Waals surface area contributed by atoms with E-state index in [1.165, 1.54) is 0 Å². The van der Waals surface area contributed by atoms with Crippen LogP contribution in [0.5, 0.6) is 0 Å². The first kappa shape index (κ1) is 12.9. The van der Waals surface area contributed by atoms with Gasteiger partial charge in [-0.2, -0.15) is 5.26 Å². The van der Waals surface area contributed by atoms with Gasteiger partial charge in [-0.05, 0) is 5.56 Å². The van der Waals surface area contributed by atoms with Gasteiger partial charge in [-0.3, -0.25) is 0 Å². The van der Waals surface area contributed by atoms with Gasteiger partial charge >= 0.3 is 8.80 Å². The van der Waals surface area contributed by atoms with Crippen molar-refractivity contribution in [3.05, 3.63) is 29.8 Å². The summed E-state index contributed by atoms with van der Waals surface area (Å²) in [6.07, 6.45) is 0.320. The Kier molecular flexibility index (Phi) is 4.64. The fourth-order valence-electron chi connectivity index (χ4n) is 1.64. The Labute approximate surface area is 96.7 Å². The van der Waals surface area contributed by atoms with E-state index in [0.29, 0.717) is 6.42 Å². The van der Waals surface area contributed by atoms with Crippen molar-refractivity contribution in [3.8, 4) is 6.07 Å². The van der Waals surface area contributed by atoms with E-state index in [1.807, 2.05) is 24.3 Å². The zero-order valence-corrected chi connectivity index (χ0v) is 10.7. The second-order valence-corrected chi connectivity index (χ2v) is 6.04. The van der Waals surface area contributed by atoms with Crippen molar-refractivity contribution in [2.24, 2.45) is 0 Å². The van der Waals surface area contributed by atoms with Crippen LogP contribution >= 0.6 is 0 Å². The molecular weight excluding hydrogens is 222 g/mol. The van der Waals surface area contributed by atoms with Gasteiger partial charge in [-0.15, -0.1) is 0 Å². The van der Waals surface area contributed by atoms with E-state index in [0.717, 1.165) is 10.8 Å². The van der Waals surface area contributed by atoms with Gasteiger partial charge in [0.15, 0.2) is 0 Å². The van der Waals surface area contributed by atoms with E-state index in [9.17, 15) is 0 Å². The largest absolute Gasteiger partial charge is 0.536 e. The highest BCUT2D eigenvalue weighted by Gasteiger charge is 2.42. The van der Waals surface area contributed by atoms with Crippen molar-refractivity contribution < 1.29 is 13.3 Å². The summed E-state index contributed by atoms with van der Waals surface area (Å²) >= 11 is 0. The highest BCUT2D eigenvalue weighted by atomic mass is 28.4. The topological polar surface area (TPSA) is 51.5 Å². The average Bonchev–Trinajstić information content (AvgIpc) is 2.34. The van der Waals surface area contributed by atoms with Gasteiger partial charge in [0, 0.05) is 26.5 Å². The van der Waals surface area contributed by atoms with E-state index in [1.54, 1.807) is 21.3 Å². The van der Waals surface area contributed by atoms with Gasteiger partial charge in [0.25, 0.3) is 0 Å². The average molecular weight is 237 g/mol. The molecule has 5 heteroatoms. The van der Waals surface area contributed by atoms with Crippen molar-refractivity contribution in [1.82, 2.24) is 0 Å². The summed E-state index contributed by atoms with van der Waals surface area (Å²) in [4.78, 5) is 0. The molecule has 0 saturated heterocycles. The fourth-order valence-corrected chi connectivity index (χ4v) is 3.66. The number of hydrogen-bond acceptors (Lipinski definition) is 4. The maximum absolute atomic E-state index is 8.77. The highest BCUT2D eigenvalue weighted by Crippen LogP contribution is 2.10. The molecule has 4 nitrogen and oxygen atoms in total. The zero-order valence-electron chi connectivity index (χ0n) is 9.69. The Morgan fingerprint density at radius 3 is 2.19 bits per heavy atom. The molecule has 0 spiro atoms. The van der Waals surface area contributed by atoms with Crippen molar-refractivity contribution >= 4 is 14.0 Å². The number of nitrogens with zero attached hydrogens (tertiary/aromatic N) is 1. The predicted molar refractivity (Wildman–Crippen MR) is 62.2 cm³/mol. The Morgan fingerprint density at radius 2 is 1.69 bits per heavy atom. The van der Waals surface area contributed by atoms with Gasteiger partial charge in [0.1, 0.15) is 0 Å². The summed E-state index contributed by atoms with van der Waals surface area (Å²) in [5, 5.41) is 9.62. The maximum atomic E-state index is 8.77. The number of hydrogen-bond donors (Lipinski definition) is 0. The quantitative estimate of drug-likeness (QED) is 0.712. The normalized spacial score (nSPS) is 11.1. The molecule has 1 aromatic carbocycles. The number of rotatable bonds is 5. The van der Waals surface area contributed by atoms with E-state index in [-0.39, 0.29) is 0 Å². The minimum Gasteiger partial charge on any atom is -0.373 e. The molecule has 0 unspecified atom stereocenters. The summed E-state index contributed by atoms with van der Waals surface area (Å²) in [5.74, 6) is 0.